The molecule has 0 aromatic carbocycles. The highest BCUT2D eigenvalue weighted by Crippen LogP contribution is 2.22. The van der Waals surface area contributed by atoms with Crippen LogP contribution in [0, 0.1) is 0 Å². The summed E-state index contributed by atoms with van der Waals surface area (Å²) in [6.07, 6.45) is 1.42. The van der Waals surface area contributed by atoms with Gasteiger partial charge in [-0.05, 0) is 11.6 Å². The lowest BCUT2D eigenvalue weighted by Gasteiger charge is -2.02. The van der Waals surface area contributed by atoms with Crippen LogP contribution >= 0.6 is 23.4 Å². The third-order valence-electron chi connectivity index (χ3n) is 1.37. The molecule has 76 valence electrons. The molecule has 0 aliphatic carbocycles. The zero-order valence-electron chi connectivity index (χ0n) is 7.45. The lowest BCUT2D eigenvalue weighted by atomic mass is 10.6. The molecule has 1 heterocycles. The molecule has 0 aliphatic heterocycles. The van der Waals surface area contributed by atoms with Gasteiger partial charge in [0.1, 0.15) is 5.03 Å². The second kappa shape index (κ2) is 5.02. The van der Waals surface area contributed by atoms with E-state index < -0.39 is 0 Å². The van der Waals surface area contributed by atoms with E-state index in [9.17, 15) is 4.79 Å². The number of amides is 1. The number of anilines is 1. The largest absolute Gasteiger partial charge is 0.395 e. The molecular weight excluding hydrogens is 224 g/mol. The lowest BCUT2D eigenvalue weighted by Crippen LogP contribution is -2.19. The molecule has 7 heteroatoms. The summed E-state index contributed by atoms with van der Waals surface area (Å²) >= 11 is 6.80. The minimum absolute atomic E-state index is 0.0934. The zero-order chi connectivity index (χ0) is 10.6. The molecule has 0 fully saturated rings. The predicted molar refractivity (Wildman–Crippen MR) is 56.2 cm³/mol. The van der Waals surface area contributed by atoms with Crippen LogP contribution in [0.15, 0.2) is 11.2 Å². The Morgan fingerprint density at radius 2 is 2.50 bits per heavy atom. The van der Waals surface area contributed by atoms with E-state index in [1.54, 1.807) is 7.05 Å². The van der Waals surface area contributed by atoms with E-state index in [4.69, 9.17) is 17.3 Å². The number of thioether (sulfide) groups is 1. The fourth-order valence-electron chi connectivity index (χ4n) is 0.677. The summed E-state index contributed by atoms with van der Waals surface area (Å²) in [5.74, 6) is 0.165. The van der Waals surface area contributed by atoms with E-state index in [1.165, 1.54) is 18.0 Å². The van der Waals surface area contributed by atoms with Crippen LogP contribution < -0.4 is 11.1 Å². The zero-order valence-corrected chi connectivity index (χ0v) is 9.02. The van der Waals surface area contributed by atoms with Gasteiger partial charge in [0, 0.05) is 7.05 Å². The molecule has 0 saturated carbocycles. The van der Waals surface area contributed by atoms with Crippen molar-refractivity contribution in [3.05, 3.63) is 11.5 Å². The van der Waals surface area contributed by atoms with E-state index >= 15 is 0 Å². The molecule has 0 unspecified atom stereocenters. The van der Waals surface area contributed by atoms with Crippen molar-refractivity contribution in [2.75, 3.05) is 18.5 Å². The summed E-state index contributed by atoms with van der Waals surface area (Å²) in [5, 5.41) is 3.14. The van der Waals surface area contributed by atoms with Gasteiger partial charge >= 0.3 is 0 Å². The first-order valence-electron chi connectivity index (χ1n) is 3.75. The number of carbonyl (C=O) groups is 1. The number of nitrogens with two attached hydrogens (primary N) is 1. The van der Waals surface area contributed by atoms with E-state index in [2.05, 4.69) is 15.3 Å². The van der Waals surface area contributed by atoms with Crippen molar-refractivity contribution in [3.63, 3.8) is 0 Å². The van der Waals surface area contributed by atoms with Crippen molar-refractivity contribution >= 4 is 35.0 Å². The van der Waals surface area contributed by atoms with Gasteiger partial charge in [0.2, 0.25) is 11.2 Å². The summed E-state index contributed by atoms with van der Waals surface area (Å²) in [7, 11) is 1.57. The normalized spacial score (nSPS) is 9.86. The van der Waals surface area contributed by atoms with Crippen LogP contribution in [0.2, 0.25) is 5.28 Å². The number of nitrogens with one attached hydrogen (secondary N) is 1. The van der Waals surface area contributed by atoms with Crippen molar-refractivity contribution in [1.82, 2.24) is 15.3 Å². The predicted octanol–water partition coefficient (Wildman–Crippen LogP) is 0.550. The molecule has 0 bridgehead atoms. The van der Waals surface area contributed by atoms with Crippen LogP contribution in [-0.2, 0) is 4.79 Å². The lowest BCUT2D eigenvalue weighted by molar-refractivity contribution is -0.118. The average Bonchev–Trinajstić information content (AvgIpc) is 2.19. The molecule has 1 aromatic heterocycles. The highest BCUT2D eigenvalue weighted by atomic mass is 35.5. The molecule has 14 heavy (non-hydrogen) atoms. The number of aromatic nitrogens is 2. The van der Waals surface area contributed by atoms with Crippen LogP contribution in [0.1, 0.15) is 0 Å². The number of carbonyl (C=O) groups excluding carboxylic acids is 1. The number of rotatable bonds is 3. The third-order valence-corrected chi connectivity index (χ3v) is 2.56. The average molecular weight is 233 g/mol. The fourth-order valence-corrected chi connectivity index (χ4v) is 1.64. The first kappa shape index (κ1) is 11.1. The molecule has 0 atom stereocenters. The SMILES string of the molecule is CNC(=O)CSc1nc(Cl)ncc1N. The van der Waals surface area contributed by atoms with Gasteiger partial charge in [0.15, 0.2) is 0 Å². The molecule has 1 rings (SSSR count). The van der Waals surface area contributed by atoms with Crippen LogP contribution in [0.3, 0.4) is 0 Å². The summed E-state index contributed by atoms with van der Waals surface area (Å²) in [5.41, 5.74) is 6.00. The van der Waals surface area contributed by atoms with E-state index in [-0.39, 0.29) is 16.9 Å². The van der Waals surface area contributed by atoms with Gasteiger partial charge in [-0.1, -0.05) is 11.8 Å². The van der Waals surface area contributed by atoms with Crippen molar-refractivity contribution in [3.8, 4) is 0 Å². The molecular formula is C7H9ClN4OS. The van der Waals surface area contributed by atoms with Crippen LogP contribution in [0.25, 0.3) is 0 Å². The first-order valence-corrected chi connectivity index (χ1v) is 5.11. The van der Waals surface area contributed by atoms with E-state index in [0.717, 1.165) is 0 Å². The topological polar surface area (TPSA) is 80.9 Å². The van der Waals surface area contributed by atoms with Crippen molar-refractivity contribution < 1.29 is 4.79 Å². The quantitative estimate of drug-likeness (QED) is 0.452. The minimum atomic E-state index is -0.0934. The molecule has 3 N–H and O–H groups in total. The molecule has 0 spiro atoms. The molecule has 0 saturated heterocycles. The second-order valence-corrected chi connectivity index (χ2v) is 3.66. The Hall–Kier alpha value is -1.01. The number of nitrogen functional groups attached to an aromatic ring is 1. The maximum Gasteiger partial charge on any atom is 0.230 e. The Bertz CT molecular complexity index is 346. The van der Waals surface area contributed by atoms with Crippen LogP contribution in [-0.4, -0.2) is 28.7 Å². The van der Waals surface area contributed by atoms with Gasteiger partial charge in [-0.2, -0.15) is 0 Å². The second-order valence-electron chi connectivity index (χ2n) is 2.36. The minimum Gasteiger partial charge on any atom is -0.395 e. The van der Waals surface area contributed by atoms with Crippen molar-refractivity contribution in [1.29, 1.82) is 0 Å². The van der Waals surface area contributed by atoms with Gasteiger partial charge in [-0.3, -0.25) is 4.79 Å². The van der Waals surface area contributed by atoms with Gasteiger partial charge in [0.25, 0.3) is 0 Å². The number of nitrogens with zero attached hydrogens (tertiary/aromatic N) is 2. The Kier molecular flexibility index (Phi) is 3.97. The third kappa shape index (κ3) is 3.04. The van der Waals surface area contributed by atoms with E-state index in [0.29, 0.717) is 10.7 Å². The van der Waals surface area contributed by atoms with Crippen molar-refractivity contribution in [2.45, 2.75) is 5.03 Å². The monoisotopic (exact) mass is 232 g/mol. The summed E-state index contributed by atoms with van der Waals surface area (Å²) in [6, 6.07) is 0. The first-order chi connectivity index (χ1) is 6.63. The maximum absolute atomic E-state index is 10.9. The highest BCUT2D eigenvalue weighted by molar-refractivity contribution is 8.00. The van der Waals surface area contributed by atoms with E-state index in [1.807, 2.05) is 0 Å². The van der Waals surface area contributed by atoms with Gasteiger partial charge in [-0.25, -0.2) is 9.97 Å². The Morgan fingerprint density at radius 3 is 3.14 bits per heavy atom. The van der Waals surface area contributed by atoms with Crippen molar-refractivity contribution in [2.24, 2.45) is 0 Å². The maximum atomic E-state index is 10.9. The molecule has 5 nitrogen and oxygen atoms in total. The molecule has 1 amide bonds. The van der Waals surface area contributed by atoms with Gasteiger partial charge < -0.3 is 11.1 Å². The number of hydrogen-bond donors (Lipinski definition) is 2. The van der Waals surface area contributed by atoms with Crippen LogP contribution in [0.4, 0.5) is 5.69 Å². The van der Waals surface area contributed by atoms with Gasteiger partial charge in [0.05, 0.1) is 17.6 Å². The fraction of sp³-hybridized carbons (Fsp3) is 0.286. The highest BCUT2D eigenvalue weighted by Gasteiger charge is 2.06. The molecule has 1 aromatic rings. The Morgan fingerprint density at radius 1 is 1.79 bits per heavy atom. The number of hydrogen-bond acceptors (Lipinski definition) is 5. The number of halogens is 1. The van der Waals surface area contributed by atoms with Crippen LogP contribution in [0.5, 0.6) is 0 Å². The van der Waals surface area contributed by atoms with Gasteiger partial charge in [-0.15, -0.1) is 0 Å². The smallest absolute Gasteiger partial charge is 0.230 e. The summed E-state index contributed by atoms with van der Waals surface area (Å²) < 4.78 is 0. The molecule has 0 radical (unpaired) electrons. The standard InChI is InChI=1S/C7H9ClN4OS/c1-10-5(13)3-14-6-4(9)2-11-7(8)12-6/h2H,3,9H2,1H3,(H,10,13). The Balaban J connectivity index is 2.66. The molecule has 0 aliphatic rings. The summed E-state index contributed by atoms with van der Waals surface area (Å²) in [6.45, 7) is 0. The summed E-state index contributed by atoms with van der Waals surface area (Å²) in [4.78, 5) is 18.5. The Labute approximate surface area is 90.4 Å².